The molecule has 230 valence electrons. The Hall–Kier alpha value is -1.60. The minimum absolute atomic E-state index is 0.113. The Morgan fingerprint density at radius 1 is 1.07 bits per heavy atom. The molecule has 1 nitrogen and oxygen atoms in total. The van der Waals surface area contributed by atoms with E-state index in [1.807, 2.05) is 0 Å². The van der Waals surface area contributed by atoms with Gasteiger partial charge in [-0.15, -0.1) is 0 Å². The molecule has 0 bridgehead atoms. The summed E-state index contributed by atoms with van der Waals surface area (Å²) in [6.07, 6.45) is 31.5. The van der Waals surface area contributed by atoms with Crippen LogP contribution >= 0.6 is 0 Å². The molecule has 0 aromatic carbocycles. The lowest BCUT2D eigenvalue weighted by Crippen LogP contribution is -2.33. The summed E-state index contributed by atoms with van der Waals surface area (Å²) in [5.74, 6) is 2.58. The highest BCUT2D eigenvalue weighted by molar-refractivity contribution is 5.38. The van der Waals surface area contributed by atoms with E-state index in [-0.39, 0.29) is 17.4 Å². The van der Waals surface area contributed by atoms with Crippen molar-refractivity contribution in [2.45, 2.75) is 139 Å². The van der Waals surface area contributed by atoms with Crippen LogP contribution in [0.15, 0.2) is 70.4 Å². The molecule has 41 heavy (non-hydrogen) atoms. The normalized spacial score (nSPS) is 29.7. The summed E-state index contributed by atoms with van der Waals surface area (Å²) in [4.78, 5) is 0. The summed E-state index contributed by atoms with van der Waals surface area (Å²) in [5, 5.41) is 10.1. The topological polar surface area (TPSA) is 20.2 Å². The van der Waals surface area contributed by atoms with Crippen LogP contribution < -0.4 is 0 Å². The minimum Gasteiger partial charge on any atom is -0.392 e. The van der Waals surface area contributed by atoms with Crippen molar-refractivity contribution in [3.05, 3.63) is 70.4 Å². The fourth-order valence-electron chi connectivity index (χ4n) is 8.31. The van der Waals surface area contributed by atoms with Crippen molar-refractivity contribution >= 4 is 0 Å². The molecule has 3 aliphatic carbocycles. The number of allylic oxidation sites excluding steroid dienone is 11. The van der Waals surface area contributed by atoms with Gasteiger partial charge in [-0.2, -0.15) is 0 Å². The summed E-state index contributed by atoms with van der Waals surface area (Å²) < 4.78 is 0. The van der Waals surface area contributed by atoms with Gasteiger partial charge in [0.2, 0.25) is 0 Å². The number of aliphatic hydroxyl groups excluding tert-OH is 1. The highest BCUT2D eigenvalue weighted by atomic mass is 16.3. The molecule has 0 radical (unpaired) electrons. The van der Waals surface area contributed by atoms with Crippen LogP contribution in [0, 0.1) is 34.0 Å². The van der Waals surface area contributed by atoms with Gasteiger partial charge >= 0.3 is 0 Å². The van der Waals surface area contributed by atoms with Crippen molar-refractivity contribution in [3.8, 4) is 0 Å². The standard InChI is InChI=1S/C40H64O/c1-30(19-23-36-32(3)16-12-25-38(36,5)6)14-10-18-34-21-22-35(29-41)40(9,28-34)27-11-15-31(2)20-24-37-33(4)17-13-26-39(37,7)8/h11,15,20-22,24,27,30,32,36,41H,10,12-14,16-19,23,25-26,28-29H2,1-9H3/b24-20+,27-11+,31-15+. The number of hydrogen-bond donors (Lipinski definition) is 1. The fourth-order valence-corrected chi connectivity index (χ4v) is 8.31. The average Bonchev–Trinajstić information content (AvgIpc) is 2.87. The molecule has 1 saturated carbocycles. The zero-order valence-corrected chi connectivity index (χ0v) is 28.4. The van der Waals surface area contributed by atoms with Crippen molar-refractivity contribution in [3.63, 3.8) is 0 Å². The number of aliphatic hydroxyl groups is 1. The molecule has 0 heterocycles. The molecule has 0 amide bonds. The zero-order chi connectivity index (χ0) is 30.3. The molecule has 3 aliphatic rings. The van der Waals surface area contributed by atoms with Crippen molar-refractivity contribution in [1.82, 2.24) is 0 Å². The maximum Gasteiger partial charge on any atom is 0.0653 e. The van der Waals surface area contributed by atoms with E-state index in [2.05, 4.69) is 105 Å². The smallest absolute Gasteiger partial charge is 0.0653 e. The van der Waals surface area contributed by atoms with Gasteiger partial charge in [0.05, 0.1) is 6.61 Å². The first-order valence-electron chi connectivity index (χ1n) is 17.0. The lowest BCUT2D eigenvalue weighted by molar-refractivity contribution is 0.0707. The van der Waals surface area contributed by atoms with Crippen LogP contribution in [0.5, 0.6) is 0 Å². The molecule has 1 heteroatoms. The Balaban J connectivity index is 1.52. The van der Waals surface area contributed by atoms with E-state index in [1.54, 1.807) is 5.57 Å². The van der Waals surface area contributed by atoms with Gasteiger partial charge in [-0.05, 0) is 105 Å². The third-order valence-corrected chi connectivity index (χ3v) is 11.2. The molecule has 1 fully saturated rings. The molecule has 0 saturated heterocycles. The fraction of sp³-hybridized carbons (Fsp3) is 0.700. The van der Waals surface area contributed by atoms with Crippen molar-refractivity contribution < 1.29 is 5.11 Å². The molecule has 1 N–H and O–H groups in total. The van der Waals surface area contributed by atoms with Crippen molar-refractivity contribution in [2.75, 3.05) is 6.61 Å². The molecule has 4 atom stereocenters. The van der Waals surface area contributed by atoms with Crippen LogP contribution in [0.1, 0.15) is 139 Å². The second-order valence-corrected chi connectivity index (χ2v) is 15.8. The van der Waals surface area contributed by atoms with E-state index in [9.17, 15) is 5.11 Å². The lowest BCUT2D eigenvalue weighted by atomic mass is 9.62. The third kappa shape index (κ3) is 9.44. The SMILES string of the molecule is CC1=C(/C=C/C(C)=C/C=C/C2(C)CC(CCCC(C)CCC3C(C)CCCC3(C)C)=CC=C2CO)C(C)(C)CCC1. The van der Waals surface area contributed by atoms with Crippen LogP contribution in [0.4, 0.5) is 0 Å². The zero-order valence-electron chi connectivity index (χ0n) is 28.4. The first-order chi connectivity index (χ1) is 19.3. The summed E-state index contributed by atoms with van der Waals surface area (Å²) in [7, 11) is 0. The van der Waals surface area contributed by atoms with E-state index >= 15 is 0 Å². The number of rotatable bonds is 12. The van der Waals surface area contributed by atoms with Gasteiger partial charge in [-0.25, -0.2) is 0 Å². The summed E-state index contributed by atoms with van der Waals surface area (Å²) in [6.45, 7) is 21.7. The molecule has 0 spiro atoms. The Kier molecular flexibility index (Phi) is 12.2. The predicted molar refractivity (Wildman–Crippen MR) is 181 cm³/mol. The van der Waals surface area contributed by atoms with Crippen LogP contribution in [0.25, 0.3) is 0 Å². The Morgan fingerprint density at radius 3 is 2.51 bits per heavy atom. The Labute approximate surface area is 255 Å². The first-order valence-corrected chi connectivity index (χ1v) is 17.0. The van der Waals surface area contributed by atoms with E-state index in [4.69, 9.17) is 0 Å². The Bertz CT molecular complexity index is 1050. The second kappa shape index (κ2) is 14.7. The monoisotopic (exact) mass is 560 g/mol. The largest absolute Gasteiger partial charge is 0.392 e. The quantitative estimate of drug-likeness (QED) is 0.235. The first kappa shape index (κ1) is 33.9. The molecule has 0 aromatic rings. The van der Waals surface area contributed by atoms with Gasteiger partial charge in [-0.1, -0.05) is 133 Å². The lowest BCUT2D eigenvalue weighted by Gasteiger charge is -2.43. The van der Waals surface area contributed by atoms with E-state index in [0.29, 0.717) is 5.41 Å². The highest BCUT2D eigenvalue weighted by Crippen LogP contribution is 2.47. The van der Waals surface area contributed by atoms with E-state index < -0.39 is 0 Å². The highest BCUT2D eigenvalue weighted by Gasteiger charge is 2.36. The van der Waals surface area contributed by atoms with Crippen LogP contribution in [0.3, 0.4) is 0 Å². The average molecular weight is 561 g/mol. The molecular weight excluding hydrogens is 496 g/mol. The molecule has 0 aliphatic heterocycles. The molecule has 3 rings (SSSR count). The van der Waals surface area contributed by atoms with E-state index in [1.165, 1.54) is 87.3 Å². The van der Waals surface area contributed by atoms with Gasteiger partial charge in [0.25, 0.3) is 0 Å². The van der Waals surface area contributed by atoms with Gasteiger partial charge < -0.3 is 5.11 Å². The van der Waals surface area contributed by atoms with Crippen molar-refractivity contribution in [2.24, 2.45) is 34.0 Å². The molecule has 4 unspecified atom stereocenters. The maximum absolute atomic E-state index is 10.1. The minimum atomic E-state index is -0.113. The van der Waals surface area contributed by atoms with Gasteiger partial charge in [0, 0.05) is 5.41 Å². The summed E-state index contributed by atoms with van der Waals surface area (Å²) >= 11 is 0. The van der Waals surface area contributed by atoms with E-state index in [0.717, 1.165) is 29.7 Å². The van der Waals surface area contributed by atoms with Gasteiger partial charge in [0.1, 0.15) is 0 Å². The summed E-state index contributed by atoms with van der Waals surface area (Å²) in [6, 6.07) is 0. The summed E-state index contributed by atoms with van der Waals surface area (Å²) in [5.41, 5.74) is 7.67. The molecular formula is C40H64O. The van der Waals surface area contributed by atoms with Crippen LogP contribution in [-0.2, 0) is 0 Å². The Morgan fingerprint density at radius 2 is 1.83 bits per heavy atom. The third-order valence-electron chi connectivity index (χ3n) is 11.2. The number of hydrogen-bond acceptors (Lipinski definition) is 1. The molecule has 0 aromatic heterocycles. The van der Waals surface area contributed by atoms with Crippen LogP contribution in [-0.4, -0.2) is 11.7 Å². The van der Waals surface area contributed by atoms with Gasteiger partial charge in [-0.3, -0.25) is 0 Å². The predicted octanol–water partition coefficient (Wildman–Crippen LogP) is 11.9. The van der Waals surface area contributed by atoms with Gasteiger partial charge in [0.15, 0.2) is 0 Å². The van der Waals surface area contributed by atoms with Crippen LogP contribution in [0.2, 0.25) is 0 Å². The second-order valence-electron chi connectivity index (χ2n) is 15.8. The maximum atomic E-state index is 10.1. The van der Waals surface area contributed by atoms with Crippen molar-refractivity contribution in [1.29, 1.82) is 0 Å².